The van der Waals surface area contributed by atoms with Crippen LogP contribution in [0.4, 0.5) is 5.69 Å². The van der Waals surface area contributed by atoms with E-state index in [-0.39, 0.29) is 24.4 Å². The van der Waals surface area contributed by atoms with Crippen LogP contribution in [0.5, 0.6) is 0 Å². The summed E-state index contributed by atoms with van der Waals surface area (Å²) in [5.41, 5.74) is 6.14. The van der Waals surface area contributed by atoms with Crippen molar-refractivity contribution in [3.05, 3.63) is 29.8 Å². The van der Waals surface area contributed by atoms with Crippen molar-refractivity contribution in [2.24, 2.45) is 5.73 Å². The molecule has 1 unspecified atom stereocenters. The number of primary amides is 1. The second-order valence-corrected chi connectivity index (χ2v) is 4.74. The molecule has 0 aliphatic carbocycles. The van der Waals surface area contributed by atoms with Gasteiger partial charge in [0.1, 0.15) is 0 Å². The lowest BCUT2D eigenvalue weighted by atomic mass is 10.2. The van der Waals surface area contributed by atoms with E-state index >= 15 is 0 Å². The zero-order valence-electron chi connectivity index (χ0n) is 9.51. The van der Waals surface area contributed by atoms with Crippen LogP contribution in [0.2, 0.25) is 0 Å². The van der Waals surface area contributed by atoms with Gasteiger partial charge in [0.05, 0.1) is 6.04 Å². The van der Waals surface area contributed by atoms with Gasteiger partial charge < -0.3 is 11.1 Å². The van der Waals surface area contributed by atoms with Crippen LogP contribution < -0.4 is 16.4 Å². The third-order valence-corrected chi connectivity index (χ3v) is 3.39. The number of carbonyl (C=O) groups is 2. The third-order valence-electron chi connectivity index (χ3n) is 2.45. The van der Waals surface area contributed by atoms with Gasteiger partial charge in [-0.25, -0.2) is 0 Å². The van der Waals surface area contributed by atoms with Crippen LogP contribution in [0.3, 0.4) is 0 Å². The Morgan fingerprint density at radius 2 is 2.22 bits per heavy atom. The highest BCUT2D eigenvalue weighted by Gasteiger charge is 2.22. The maximum absolute atomic E-state index is 11.8. The minimum atomic E-state index is -0.504. The molecule has 0 bridgehead atoms. The van der Waals surface area contributed by atoms with Crippen molar-refractivity contribution >= 4 is 41.7 Å². The summed E-state index contributed by atoms with van der Waals surface area (Å²) in [5, 5.41) is 5.83. The van der Waals surface area contributed by atoms with Crippen molar-refractivity contribution in [3.8, 4) is 0 Å². The van der Waals surface area contributed by atoms with E-state index in [1.807, 2.05) is 0 Å². The molecule has 1 aromatic rings. The number of anilines is 1. The zero-order valence-corrected chi connectivity index (χ0v) is 11.1. The first-order valence-electron chi connectivity index (χ1n) is 5.18. The predicted molar refractivity (Wildman–Crippen MR) is 75.1 cm³/mol. The number of halogens is 1. The van der Waals surface area contributed by atoms with E-state index in [2.05, 4.69) is 10.6 Å². The zero-order chi connectivity index (χ0) is 12.3. The molecule has 2 rings (SSSR count). The lowest BCUT2D eigenvalue weighted by Crippen LogP contribution is -2.37. The van der Waals surface area contributed by atoms with Crippen molar-refractivity contribution in [3.63, 3.8) is 0 Å². The summed E-state index contributed by atoms with van der Waals surface area (Å²) in [7, 11) is 0. The minimum Gasteiger partial charge on any atom is -0.366 e. The molecule has 1 heterocycles. The standard InChI is InChI=1S/C11H13N3O2S.ClH/c12-10(15)7-2-1-3-8(4-7)14-11(16)9-5-17-6-13-9;/h1-4,9,13H,5-6H2,(H2,12,15)(H,14,16);1H. The summed E-state index contributed by atoms with van der Waals surface area (Å²) in [5.74, 6) is 0.966. The van der Waals surface area contributed by atoms with Crippen molar-refractivity contribution in [1.29, 1.82) is 0 Å². The van der Waals surface area contributed by atoms with Crippen molar-refractivity contribution in [2.45, 2.75) is 6.04 Å². The lowest BCUT2D eigenvalue weighted by molar-refractivity contribution is -0.117. The Morgan fingerprint density at radius 3 is 2.83 bits per heavy atom. The molecule has 0 radical (unpaired) electrons. The summed E-state index contributed by atoms with van der Waals surface area (Å²) >= 11 is 1.68. The van der Waals surface area contributed by atoms with Crippen LogP contribution in [0, 0.1) is 0 Å². The highest BCUT2D eigenvalue weighted by atomic mass is 35.5. The van der Waals surface area contributed by atoms with Gasteiger partial charge in [-0.1, -0.05) is 6.07 Å². The van der Waals surface area contributed by atoms with Crippen LogP contribution in [0.1, 0.15) is 10.4 Å². The van der Waals surface area contributed by atoms with Crippen molar-refractivity contribution in [2.75, 3.05) is 16.9 Å². The van der Waals surface area contributed by atoms with Crippen LogP contribution in [0.15, 0.2) is 24.3 Å². The molecule has 0 aromatic heterocycles. The Balaban J connectivity index is 0.00000162. The van der Waals surface area contributed by atoms with Crippen LogP contribution in [0.25, 0.3) is 0 Å². The summed E-state index contributed by atoms with van der Waals surface area (Å²) in [6, 6.07) is 6.43. The fourth-order valence-electron chi connectivity index (χ4n) is 1.54. The van der Waals surface area contributed by atoms with E-state index in [0.29, 0.717) is 11.3 Å². The Kier molecular flexibility index (Phi) is 5.46. The van der Waals surface area contributed by atoms with Gasteiger partial charge in [0.15, 0.2) is 0 Å². The van der Waals surface area contributed by atoms with Crippen LogP contribution >= 0.6 is 24.2 Å². The molecule has 18 heavy (non-hydrogen) atoms. The average molecular weight is 288 g/mol. The van der Waals surface area contributed by atoms with Gasteiger partial charge >= 0.3 is 0 Å². The molecule has 0 saturated carbocycles. The fourth-order valence-corrected chi connectivity index (χ4v) is 2.49. The number of hydrogen-bond donors (Lipinski definition) is 3. The molecule has 1 fully saturated rings. The molecular formula is C11H14ClN3O2S. The van der Waals surface area contributed by atoms with Gasteiger partial charge in [-0.15, -0.1) is 24.2 Å². The van der Waals surface area contributed by atoms with Gasteiger partial charge in [-0.2, -0.15) is 0 Å². The number of thioether (sulfide) groups is 1. The van der Waals surface area contributed by atoms with Gasteiger partial charge in [0.25, 0.3) is 0 Å². The first-order valence-corrected chi connectivity index (χ1v) is 6.34. The van der Waals surface area contributed by atoms with Crippen molar-refractivity contribution in [1.82, 2.24) is 5.32 Å². The van der Waals surface area contributed by atoms with Crippen molar-refractivity contribution < 1.29 is 9.59 Å². The fraction of sp³-hybridized carbons (Fsp3) is 0.273. The van der Waals surface area contributed by atoms with E-state index < -0.39 is 5.91 Å². The Hall–Kier alpha value is -1.24. The second kappa shape index (κ2) is 6.63. The maximum atomic E-state index is 11.8. The second-order valence-electron chi connectivity index (χ2n) is 3.71. The summed E-state index contributed by atoms with van der Waals surface area (Å²) < 4.78 is 0. The van der Waals surface area contributed by atoms with Crippen LogP contribution in [-0.4, -0.2) is 29.5 Å². The highest BCUT2D eigenvalue weighted by Crippen LogP contribution is 2.14. The minimum absolute atomic E-state index is 0. The average Bonchev–Trinajstić information content (AvgIpc) is 2.82. The monoisotopic (exact) mass is 287 g/mol. The first-order chi connectivity index (χ1) is 8.16. The topological polar surface area (TPSA) is 84.2 Å². The number of benzene rings is 1. The number of amides is 2. The van der Waals surface area contributed by atoms with E-state index in [1.54, 1.807) is 36.0 Å². The molecule has 4 N–H and O–H groups in total. The summed E-state index contributed by atoms with van der Waals surface area (Å²) in [4.78, 5) is 22.8. The quantitative estimate of drug-likeness (QED) is 0.768. The highest BCUT2D eigenvalue weighted by molar-refractivity contribution is 7.99. The molecule has 7 heteroatoms. The van der Waals surface area contributed by atoms with E-state index in [4.69, 9.17) is 5.73 Å². The number of rotatable bonds is 3. The lowest BCUT2D eigenvalue weighted by Gasteiger charge is -2.10. The maximum Gasteiger partial charge on any atom is 0.248 e. The number of nitrogens with two attached hydrogens (primary N) is 1. The summed E-state index contributed by atoms with van der Waals surface area (Å²) in [6.07, 6.45) is 0. The van der Waals surface area contributed by atoms with Crippen LogP contribution in [-0.2, 0) is 4.79 Å². The molecule has 1 aliphatic heterocycles. The number of carbonyl (C=O) groups excluding carboxylic acids is 2. The Morgan fingerprint density at radius 1 is 1.44 bits per heavy atom. The predicted octanol–water partition coefficient (Wildman–Crippen LogP) is 0.808. The molecule has 1 saturated heterocycles. The molecule has 2 amide bonds. The van der Waals surface area contributed by atoms with E-state index in [9.17, 15) is 9.59 Å². The first kappa shape index (κ1) is 14.8. The van der Waals surface area contributed by atoms with Gasteiger partial charge in [-0.3, -0.25) is 14.9 Å². The van der Waals surface area contributed by atoms with Gasteiger partial charge in [-0.05, 0) is 18.2 Å². The summed E-state index contributed by atoms with van der Waals surface area (Å²) in [6.45, 7) is 0. The molecule has 5 nitrogen and oxygen atoms in total. The molecule has 1 aromatic carbocycles. The third kappa shape index (κ3) is 3.63. The molecule has 98 valence electrons. The largest absolute Gasteiger partial charge is 0.366 e. The normalized spacial score (nSPS) is 17.9. The Bertz CT molecular complexity index is 450. The van der Waals surface area contributed by atoms with E-state index in [1.165, 1.54) is 0 Å². The molecule has 0 spiro atoms. The number of nitrogens with one attached hydrogen (secondary N) is 2. The van der Waals surface area contributed by atoms with E-state index in [0.717, 1.165) is 11.6 Å². The molecule has 1 aliphatic rings. The Labute approximate surface area is 115 Å². The SMILES string of the molecule is Cl.NC(=O)c1cccc(NC(=O)C2CSCN2)c1. The molecular weight excluding hydrogens is 274 g/mol. The van der Waals surface area contributed by atoms with Gasteiger partial charge in [0.2, 0.25) is 11.8 Å². The molecule has 1 atom stereocenters. The van der Waals surface area contributed by atoms with Gasteiger partial charge in [0, 0.05) is 22.9 Å². The smallest absolute Gasteiger partial charge is 0.248 e. The number of hydrogen-bond acceptors (Lipinski definition) is 4.